The fraction of sp³-hybridized carbons (Fsp3) is 0.286. The predicted molar refractivity (Wildman–Crippen MR) is 68.8 cm³/mol. The fourth-order valence-corrected chi connectivity index (χ4v) is 1.66. The Morgan fingerprint density at radius 3 is 2.44 bits per heavy atom. The molecule has 0 radical (unpaired) electrons. The predicted octanol–water partition coefficient (Wildman–Crippen LogP) is 2.07. The van der Waals surface area contributed by atoms with E-state index in [1.807, 2.05) is 47.3 Å². The third-order valence-corrected chi connectivity index (χ3v) is 2.67. The molecule has 0 aliphatic carbocycles. The Hall–Kier alpha value is -1.94. The Bertz CT molecular complexity index is 476. The van der Waals surface area contributed by atoms with Gasteiger partial charge in [-0.1, -0.05) is 0 Å². The number of benzene rings is 1. The summed E-state index contributed by atoms with van der Waals surface area (Å²) in [6.45, 7) is 1.42. The van der Waals surface area contributed by atoms with Gasteiger partial charge in [0.1, 0.15) is 18.1 Å². The SMILES string of the molecule is COc1ccc(OCCn2ccc(CO)c2)cc1. The molecule has 0 amide bonds. The van der Waals surface area contributed by atoms with Gasteiger partial charge < -0.3 is 19.1 Å². The Morgan fingerprint density at radius 2 is 1.83 bits per heavy atom. The summed E-state index contributed by atoms with van der Waals surface area (Å²) in [4.78, 5) is 0. The van der Waals surface area contributed by atoms with Crippen LogP contribution in [-0.2, 0) is 13.2 Å². The van der Waals surface area contributed by atoms with Gasteiger partial charge in [-0.2, -0.15) is 0 Å². The summed E-state index contributed by atoms with van der Waals surface area (Å²) >= 11 is 0. The van der Waals surface area contributed by atoms with Crippen molar-refractivity contribution in [2.75, 3.05) is 13.7 Å². The average Bonchev–Trinajstić information content (AvgIpc) is 2.87. The molecule has 0 saturated heterocycles. The van der Waals surface area contributed by atoms with E-state index in [1.54, 1.807) is 7.11 Å². The van der Waals surface area contributed by atoms with E-state index < -0.39 is 0 Å². The van der Waals surface area contributed by atoms with E-state index >= 15 is 0 Å². The quantitative estimate of drug-likeness (QED) is 0.849. The van der Waals surface area contributed by atoms with Crippen molar-refractivity contribution < 1.29 is 14.6 Å². The summed E-state index contributed by atoms with van der Waals surface area (Å²) < 4.78 is 12.7. The Labute approximate surface area is 106 Å². The van der Waals surface area contributed by atoms with Crippen molar-refractivity contribution in [1.29, 1.82) is 0 Å². The molecule has 0 aliphatic heterocycles. The van der Waals surface area contributed by atoms with Crippen LogP contribution in [0.3, 0.4) is 0 Å². The molecule has 2 aromatic rings. The van der Waals surface area contributed by atoms with Crippen molar-refractivity contribution in [2.24, 2.45) is 0 Å². The number of aliphatic hydroxyl groups excluding tert-OH is 1. The van der Waals surface area contributed by atoms with E-state index in [2.05, 4.69) is 0 Å². The zero-order chi connectivity index (χ0) is 12.8. The van der Waals surface area contributed by atoms with Gasteiger partial charge in [0.15, 0.2) is 0 Å². The van der Waals surface area contributed by atoms with Crippen molar-refractivity contribution in [2.45, 2.75) is 13.2 Å². The highest BCUT2D eigenvalue weighted by atomic mass is 16.5. The smallest absolute Gasteiger partial charge is 0.119 e. The maximum Gasteiger partial charge on any atom is 0.119 e. The molecule has 0 spiro atoms. The van der Waals surface area contributed by atoms with Crippen molar-refractivity contribution in [3.8, 4) is 11.5 Å². The van der Waals surface area contributed by atoms with Gasteiger partial charge in [-0.3, -0.25) is 0 Å². The van der Waals surface area contributed by atoms with E-state index in [-0.39, 0.29) is 6.61 Å². The van der Waals surface area contributed by atoms with E-state index in [4.69, 9.17) is 14.6 Å². The Kier molecular flexibility index (Phi) is 4.25. The van der Waals surface area contributed by atoms with Crippen molar-refractivity contribution in [1.82, 2.24) is 4.57 Å². The maximum atomic E-state index is 8.95. The maximum absolute atomic E-state index is 8.95. The number of ether oxygens (including phenoxy) is 2. The zero-order valence-corrected chi connectivity index (χ0v) is 10.4. The minimum Gasteiger partial charge on any atom is -0.497 e. The number of aliphatic hydroxyl groups is 1. The summed E-state index contributed by atoms with van der Waals surface area (Å²) in [6, 6.07) is 9.40. The largest absolute Gasteiger partial charge is 0.497 e. The zero-order valence-electron chi connectivity index (χ0n) is 10.4. The minimum atomic E-state index is 0.0757. The van der Waals surface area contributed by atoms with Gasteiger partial charge in [-0.25, -0.2) is 0 Å². The number of hydrogen-bond donors (Lipinski definition) is 1. The molecule has 4 nitrogen and oxygen atoms in total. The van der Waals surface area contributed by atoms with E-state index in [9.17, 15) is 0 Å². The number of methoxy groups -OCH3 is 1. The van der Waals surface area contributed by atoms with E-state index in [0.29, 0.717) is 6.61 Å². The first-order valence-electron chi connectivity index (χ1n) is 5.84. The standard InChI is InChI=1S/C14H17NO3/c1-17-13-2-4-14(5-3-13)18-9-8-15-7-6-12(10-15)11-16/h2-7,10,16H,8-9,11H2,1H3. The molecule has 18 heavy (non-hydrogen) atoms. The summed E-state index contributed by atoms with van der Waals surface area (Å²) in [5, 5.41) is 8.95. The van der Waals surface area contributed by atoms with Crippen molar-refractivity contribution in [3.63, 3.8) is 0 Å². The van der Waals surface area contributed by atoms with Gasteiger partial charge in [0.05, 0.1) is 20.3 Å². The lowest BCUT2D eigenvalue weighted by Crippen LogP contribution is -2.06. The number of hydrogen-bond acceptors (Lipinski definition) is 3. The molecule has 1 aromatic carbocycles. The Morgan fingerprint density at radius 1 is 1.11 bits per heavy atom. The third kappa shape index (κ3) is 3.28. The van der Waals surface area contributed by atoms with Gasteiger partial charge in [0.2, 0.25) is 0 Å². The molecule has 1 aromatic heterocycles. The number of nitrogens with zero attached hydrogens (tertiary/aromatic N) is 1. The molecule has 96 valence electrons. The third-order valence-electron chi connectivity index (χ3n) is 2.67. The van der Waals surface area contributed by atoms with Crippen LogP contribution in [0, 0.1) is 0 Å². The van der Waals surface area contributed by atoms with Crippen LogP contribution in [0.15, 0.2) is 42.7 Å². The van der Waals surface area contributed by atoms with Crippen LogP contribution in [0.4, 0.5) is 0 Å². The first-order chi connectivity index (χ1) is 8.81. The second-order valence-electron chi connectivity index (χ2n) is 3.94. The normalized spacial score (nSPS) is 10.3. The molecule has 2 rings (SSSR count). The fourth-order valence-electron chi connectivity index (χ4n) is 1.66. The van der Waals surface area contributed by atoms with Gasteiger partial charge in [-0.15, -0.1) is 0 Å². The first-order valence-corrected chi connectivity index (χ1v) is 5.84. The summed E-state index contributed by atoms with van der Waals surface area (Å²) in [6.07, 6.45) is 3.85. The van der Waals surface area contributed by atoms with Gasteiger partial charge in [-0.05, 0) is 35.9 Å². The lowest BCUT2D eigenvalue weighted by atomic mass is 10.3. The average molecular weight is 247 g/mol. The molecule has 0 unspecified atom stereocenters. The van der Waals surface area contributed by atoms with Gasteiger partial charge >= 0.3 is 0 Å². The lowest BCUT2D eigenvalue weighted by Gasteiger charge is -2.07. The van der Waals surface area contributed by atoms with Crippen LogP contribution in [-0.4, -0.2) is 23.4 Å². The van der Waals surface area contributed by atoms with Crippen LogP contribution in [0.5, 0.6) is 11.5 Å². The van der Waals surface area contributed by atoms with Crippen LogP contribution >= 0.6 is 0 Å². The highest BCUT2D eigenvalue weighted by molar-refractivity contribution is 5.31. The lowest BCUT2D eigenvalue weighted by molar-refractivity contribution is 0.280. The van der Waals surface area contributed by atoms with Crippen molar-refractivity contribution >= 4 is 0 Å². The van der Waals surface area contributed by atoms with Crippen LogP contribution < -0.4 is 9.47 Å². The number of rotatable bonds is 6. The molecule has 0 fully saturated rings. The molecule has 1 heterocycles. The molecular weight excluding hydrogens is 230 g/mol. The molecule has 0 bridgehead atoms. The van der Waals surface area contributed by atoms with E-state index in [0.717, 1.165) is 23.6 Å². The summed E-state index contributed by atoms with van der Waals surface area (Å²) in [5.41, 5.74) is 0.916. The summed E-state index contributed by atoms with van der Waals surface area (Å²) in [7, 11) is 1.64. The topological polar surface area (TPSA) is 43.6 Å². The van der Waals surface area contributed by atoms with Crippen LogP contribution in [0.2, 0.25) is 0 Å². The number of aromatic nitrogens is 1. The molecule has 0 aliphatic rings. The molecular formula is C14H17NO3. The second kappa shape index (κ2) is 6.12. The second-order valence-corrected chi connectivity index (χ2v) is 3.94. The van der Waals surface area contributed by atoms with Crippen LogP contribution in [0.25, 0.3) is 0 Å². The molecule has 4 heteroatoms. The van der Waals surface area contributed by atoms with Gasteiger partial charge in [0.25, 0.3) is 0 Å². The van der Waals surface area contributed by atoms with Crippen molar-refractivity contribution in [3.05, 3.63) is 48.3 Å². The summed E-state index contributed by atoms with van der Waals surface area (Å²) in [5.74, 6) is 1.64. The monoisotopic (exact) mass is 247 g/mol. The highest BCUT2D eigenvalue weighted by Gasteiger charge is 1.97. The van der Waals surface area contributed by atoms with Gasteiger partial charge in [0, 0.05) is 12.4 Å². The highest BCUT2D eigenvalue weighted by Crippen LogP contribution is 2.16. The Balaban J connectivity index is 1.80. The molecule has 0 atom stereocenters. The first kappa shape index (κ1) is 12.5. The minimum absolute atomic E-state index is 0.0757. The van der Waals surface area contributed by atoms with E-state index in [1.165, 1.54) is 0 Å². The van der Waals surface area contributed by atoms with Crippen LogP contribution in [0.1, 0.15) is 5.56 Å². The molecule has 0 saturated carbocycles. The molecule has 1 N–H and O–H groups in total.